The zero-order valence-corrected chi connectivity index (χ0v) is 14.9. The molecule has 4 nitrogen and oxygen atoms in total. The highest BCUT2D eigenvalue weighted by molar-refractivity contribution is 6.09. The van der Waals surface area contributed by atoms with E-state index >= 15 is 0 Å². The van der Waals surface area contributed by atoms with Crippen molar-refractivity contribution < 1.29 is 19.4 Å². The number of carbonyl (C=O) groups excluding carboxylic acids is 2. The molecule has 2 atom stereocenters. The molecule has 1 aliphatic heterocycles. The Hall–Kier alpha value is -2.36. The van der Waals surface area contributed by atoms with Gasteiger partial charge in [-0.2, -0.15) is 0 Å². The Morgan fingerprint density at radius 1 is 1.16 bits per heavy atom. The molecule has 4 heteroatoms. The van der Waals surface area contributed by atoms with E-state index in [1.807, 2.05) is 44.2 Å². The van der Waals surface area contributed by atoms with Gasteiger partial charge in [0.05, 0.1) is 5.57 Å². The first-order valence-electron chi connectivity index (χ1n) is 8.90. The summed E-state index contributed by atoms with van der Waals surface area (Å²) in [6.45, 7) is 7.81. The molecule has 0 radical (unpaired) electrons. The van der Waals surface area contributed by atoms with Crippen molar-refractivity contribution in [1.82, 2.24) is 0 Å². The van der Waals surface area contributed by atoms with E-state index in [2.05, 4.69) is 6.58 Å². The highest BCUT2D eigenvalue weighted by Gasteiger charge is 2.42. The lowest BCUT2D eigenvalue weighted by atomic mass is 9.83. The lowest BCUT2D eigenvalue weighted by Crippen LogP contribution is -2.41. The van der Waals surface area contributed by atoms with E-state index in [4.69, 9.17) is 4.74 Å². The van der Waals surface area contributed by atoms with Crippen LogP contribution in [0.25, 0.3) is 0 Å². The predicted octanol–water partition coefficient (Wildman–Crippen LogP) is 4.48. The molecule has 0 fully saturated rings. The molecular formula is C21H26O4. The van der Waals surface area contributed by atoms with Crippen LogP contribution in [0.15, 0.2) is 54.3 Å². The van der Waals surface area contributed by atoms with E-state index in [-0.39, 0.29) is 11.5 Å². The number of aliphatic hydroxyl groups is 1. The highest BCUT2D eigenvalue weighted by atomic mass is 16.6. The number of aliphatic hydroxyl groups excluding tert-OH is 1. The van der Waals surface area contributed by atoms with Gasteiger partial charge in [-0.15, -0.1) is 6.58 Å². The minimum absolute atomic E-state index is 0.0193. The van der Waals surface area contributed by atoms with Crippen molar-refractivity contribution in [3.63, 3.8) is 0 Å². The molecule has 1 heterocycles. The molecule has 0 saturated heterocycles. The molecule has 2 rings (SSSR count). The Morgan fingerprint density at radius 2 is 1.76 bits per heavy atom. The molecule has 25 heavy (non-hydrogen) atoms. The Morgan fingerprint density at radius 3 is 2.28 bits per heavy atom. The lowest BCUT2D eigenvalue weighted by Gasteiger charge is -2.31. The van der Waals surface area contributed by atoms with Crippen LogP contribution in [0.4, 0.5) is 0 Å². The molecule has 1 aliphatic rings. The molecule has 0 bridgehead atoms. The van der Waals surface area contributed by atoms with Gasteiger partial charge in [0.2, 0.25) is 5.78 Å². The monoisotopic (exact) mass is 342 g/mol. The van der Waals surface area contributed by atoms with Gasteiger partial charge < -0.3 is 9.84 Å². The quantitative estimate of drug-likeness (QED) is 0.559. The predicted molar refractivity (Wildman–Crippen MR) is 97.2 cm³/mol. The number of allylic oxidation sites excluding steroid dienone is 1. The molecule has 1 aromatic carbocycles. The van der Waals surface area contributed by atoms with E-state index in [9.17, 15) is 14.7 Å². The first-order chi connectivity index (χ1) is 12.0. The number of carbonyl (C=O) groups is 2. The average molecular weight is 342 g/mol. The first-order valence-corrected chi connectivity index (χ1v) is 8.90. The van der Waals surface area contributed by atoms with Gasteiger partial charge in [-0.25, -0.2) is 4.79 Å². The third kappa shape index (κ3) is 4.01. The summed E-state index contributed by atoms with van der Waals surface area (Å²) >= 11 is 0. The number of Topliss-reactive ketones (excluding diaryl/α,β-unsaturated/α-hetero) is 1. The van der Waals surface area contributed by atoms with Crippen molar-refractivity contribution in [1.29, 1.82) is 0 Å². The lowest BCUT2D eigenvalue weighted by molar-refractivity contribution is -0.158. The number of ketones is 1. The summed E-state index contributed by atoms with van der Waals surface area (Å²) in [5.41, 5.74) is 0.759. The van der Waals surface area contributed by atoms with Crippen LogP contribution in [0.1, 0.15) is 51.0 Å². The Balaban J connectivity index is 2.39. The Kier molecular flexibility index (Phi) is 6.57. The van der Waals surface area contributed by atoms with Crippen LogP contribution in [0.3, 0.4) is 0 Å². The van der Waals surface area contributed by atoms with Crippen LogP contribution >= 0.6 is 0 Å². The number of ether oxygens (including phenoxy) is 1. The third-order valence-electron chi connectivity index (χ3n) is 4.65. The summed E-state index contributed by atoms with van der Waals surface area (Å²) in [5.74, 6) is -2.24. The van der Waals surface area contributed by atoms with Crippen molar-refractivity contribution in [2.24, 2.45) is 5.92 Å². The van der Waals surface area contributed by atoms with Crippen molar-refractivity contribution >= 4 is 11.8 Å². The second-order valence-corrected chi connectivity index (χ2v) is 6.41. The average Bonchev–Trinajstić information content (AvgIpc) is 2.62. The van der Waals surface area contributed by atoms with Gasteiger partial charge in [0.15, 0.2) is 11.9 Å². The summed E-state index contributed by atoms with van der Waals surface area (Å²) in [5, 5.41) is 10.5. The maximum Gasteiger partial charge on any atom is 0.339 e. The van der Waals surface area contributed by atoms with E-state index in [1.54, 1.807) is 6.08 Å². The minimum atomic E-state index is -0.891. The summed E-state index contributed by atoms with van der Waals surface area (Å²) in [6.07, 6.45) is 4.00. The minimum Gasteiger partial charge on any atom is -0.504 e. The number of hydrogen-bond donors (Lipinski definition) is 1. The second kappa shape index (κ2) is 8.65. The largest absolute Gasteiger partial charge is 0.504 e. The number of hydrogen-bond acceptors (Lipinski definition) is 4. The number of esters is 1. The number of rotatable bonds is 8. The first kappa shape index (κ1) is 19.0. The van der Waals surface area contributed by atoms with Gasteiger partial charge in [0.25, 0.3) is 0 Å². The van der Waals surface area contributed by atoms with E-state index in [0.29, 0.717) is 0 Å². The fourth-order valence-corrected chi connectivity index (χ4v) is 3.45. The van der Waals surface area contributed by atoms with Gasteiger partial charge in [-0.05, 0) is 18.4 Å². The van der Waals surface area contributed by atoms with Gasteiger partial charge in [-0.1, -0.05) is 63.1 Å². The molecular weight excluding hydrogens is 316 g/mol. The van der Waals surface area contributed by atoms with Gasteiger partial charge in [-0.3, -0.25) is 4.79 Å². The van der Waals surface area contributed by atoms with Crippen LogP contribution < -0.4 is 0 Å². The van der Waals surface area contributed by atoms with Crippen LogP contribution in [0.2, 0.25) is 0 Å². The van der Waals surface area contributed by atoms with Crippen LogP contribution in [-0.4, -0.2) is 23.0 Å². The number of cyclic esters (lactones) is 1. The van der Waals surface area contributed by atoms with E-state index < -0.39 is 29.5 Å². The summed E-state index contributed by atoms with van der Waals surface area (Å²) < 4.78 is 5.50. The van der Waals surface area contributed by atoms with Crippen molar-refractivity contribution in [2.75, 3.05) is 0 Å². The Bertz CT molecular complexity index is 654. The molecule has 0 aromatic heterocycles. The molecule has 0 aliphatic carbocycles. The zero-order chi connectivity index (χ0) is 18.4. The van der Waals surface area contributed by atoms with Crippen LogP contribution in [0.5, 0.6) is 0 Å². The SMILES string of the molecule is C=CC(C1=C(O)C(=O)C(C(CCC)CCC)OC1=O)c1ccccc1. The van der Waals surface area contributed by atoms with Crippen molar-refractivity contribution in [2.45, 2.75) is 51.6 Å². The molecule has 1 N–H and O–H groups in total. The Labute approximate surface area is 149 Å². The van der Waals surface area contributed by atoms with E-state index in [1.165, 1.54) is 0 Å². The fourth-order valence-electron chi connectivity index (χ4n) is 3.45. The maximum atomic E-state index is 12.7. The van der Waals surface area contributed by atoms with Crippen molar-refractivity contribution in [3.8, 4) is 0 Å². The van der Waals surface area contributed by atoms with Gasteiger partial charge in [0.1, 0.15) is 0 Å². The third-order valence-corrected chi connectivity index (χ3v) is 4.65. The standard InChI is InChI=1S/C21H26O4/c1-4-10-15(11-5-2)20-19(23)18(22)17(21(24)25-20)16(6-3)14-12-8-7-9-13-14/h6-9,12-13,15-16,20,22H,3-5,10-11H2,1-2H3. The summed E-state index contributed by atoms with van der Waals surface area (Å²) in [7, 11) is 0. The maximum absolute atomic E-state index is 12.7. The molecule has 0 amide bonds. The van der Waals surface area contributed by atoms with Crippen LogP contribution in [-0.2, 0) is 14.3 Å². The molecule has 0 spiro atoms. The highest BCUT2D eigenvalue weighted by Crippen LogP contribution is 2.35. The molecule has 134 valence electrons. The molecule has 1 aromatic rings. The van der Waals surface area contributed by atoms with Crippen molar-refractivity contribution in [3.05, 3.63) is 59.9 Å². The van der Waals surface area contributed by atoms with Gasteiger partial charge >= 0.3 is 5.97 Å². The topological polar surface area (TPSA) is 63.6 Å². The molecule has 2 unspecified atom stereocenters. The molecule has 0 saturated carbocycles. The zero-order valence-electron chi connectivity index (χ0n) is 14.9. The fraction of sp³-hybridized carbons (Fsp3) is 0.429. The summed E-state index contributed by atoms with van der Waals surface area (Å²) in [4.78, 5) is 25.3. The summed E-state index contributed by atoms with van der Waals surface area (Å²) in [6, 6.07) is 9.18. The smallest absolute Gasteiger partial charge is 0.339 e. The normalized spacial score (nSPS) is 19.1. The van der Waals surface area contributed by atoms with Gasteiger partial charge in [0, 0.05) is 11.8 Å². The number of benzene rings is 1. The van der Waals surface area contributed by atoms with E-state index in [0.717, 1.165) is 31.2 Å². The second-order valence-electron chi connectivity index (χ2n) is 6.41. The van der Waals surface area contributed by atoms with Crippen LogP contribution in [0, 0.1) is 5.92 Å².